The molecule has 10 rings (SSSR count). The minimum atomic E-state index is -4.61. The quantitative estimate of drug-likeness (QED) is 0.233. The first-order valence-corrected chi connectivity index (χ1v) is 20.9. The van der Waals surface area contributed by atoms with Crippen molar-refractivity contribution in [2.24, 2.45) is 5.92 Å². The van der Waals surface area contributed by atoms with Crippen LogP contribution in [0, 0.1) is 12.8 Å². The summed E-state index contributed by atoms with van der Waals surface area (Å²) in [5.74, 6) is -0.888. The number of fused-ring (bicyclic) bond motifs is 5. The Morgan fingerprint density at radius 3 is 2.46 bits per heavy atom. The number of hydrogen-bond acceptors (Lipinski definition) is 11. The van der Waals surface area contributed by atoms with Crippen LogP contribution in [-0.2, 0) is 34.1 Å². The molecule has 4 fully saturated rings. The first-order valence-electron chi connectivity index (χ1n) is 20.5. The molecular weight excluding hydrogens is 817 g/mol. The van der Waals surface area contributed by atoms with Crippen molar-refractivity contribution in [1.82, 2.24) is 38.9 Å². The summed E-state index contributed by atoms with van der Waals surface area (Å²) in [7, 11) is 0. The van der Waals surface area contributed by atoms with Gasteiger partial charge >= 0.3 is 6.18 Å². The highest BCUT2D eigenvalue weighted by atomic mass is 35.5. The van der Waals surface area contributed by atoms with E-state index >= 15 is 0 Å². The third-order valence-electron chi connectivity index (χ3n) is 13.6. The number of amides is 2. The van der Waals surface area contributed by atoms with E-state index < -0.39 is 29.0 Å². The van der Waals surface area contributed by atoms with Crippen LogP contribution in [0.4, 0.5) is 24.5 Å². The topological polar surface area (TPSA) is 163 Å². The fraction of sp³-hybridized carbons (Fsp3) is 0.452. The van der Waals surface area contributed by atoms with E-state index in [0.717, 1.165) is 69.7 Å². The van der Waals surface area contributed by atoms with Gasteiger partial charge in [0, 0.05) is 66.7 Å². The Bertz CT molecular complexity index is 2640. The zero-order valence-corrected chi connectivity index (χ0v) is 33.9. The van der Waals surface area contributed by atoms with Crippen molar-refractivity contribution < 1.29 is 32.6 Å². The van der Waals surface area contributed by atoms with Crippen molar-refractivity contribution in [3.05, 3.63) is 92.4 Å². The number of aromatic hydroxyl groups is 1. The molecule has 0 bridgehead atoms. The van der Waals surface area contributed by atoms with Crippen molar-refractivity contribution in [2.75, 3.05) is 56.2 Å². The van der Waals surface area contributed by atoms with Crippen LogP contribution in [-0.4, -0.2) is 114 Å². The lowest BCUT2D eigenvalue weighted by Gasteiger charge is -2.57. The predicted octanol–water partition coefficient (Wildman–Crippen LogP) is 4.70. The molecule has 2 aromatic carbocycles. The maximum Gasteiger partial charge on any atom is 0.416 e. The predicted molar refractivity (Wildman–Crippen MR) is 217 cm³/mol. The molecule has 3 aliphatic heterocycles. The summed E-state index contributed by atoms with van der Waals surface area (Å²) < 4.78 is 48.5. The highest BCUT2D eigenvalue weighted by molar-refractivity contribution is 6.33. The largest absolute Gasteiger partial charge is 0.504 e. The van der Waals surface area contributed by atoms with Crippen LogP contribution >= 0.6 is 11.6 Å². The molecule has 2 aliphatic carbocycles. The van der Waals surface area contributed by atoms with Gasteiger partial charge in [-0.2, -0.15) is 22.7 Å². The summed E-state index contributed by atoms with van der Waals surface area (Å²) in [5, 5.41) is 17.8. The van der Waals surface area contributed by atoms with Crippen LogP contribution < -0.4 is 15.8 Å². The summed E-state index contributed by atoms with van der Waals surface area (Å²) in [4.78, 5) is 62.0. The Morgan fingerprint density at radius 1 is 1.02 bits per heavy atom. The highest BCUT2D eigenvalue weighted by Gasteiger charge is 2.59. The van der Waals surface area contributed by atoms with E-state index in [2.05, 4.69) is 25.1 Å². The second-order valence-electron chi connectivity index (χ2n) is 16.7. The molecule has 0 radical (unpaired) electrons. The van der Waals surface area contributed by atoms with Crippen LogP contribution in [0.5, 0.6) is 5.75 Å². The molecule has 0 unspecified atom stereocenters. The van der Waals surface area contributed by atoms with Crippen LogP contribution in [0.15, 0.2) is 53.6 Å². The fourth-order valence-electron chi connectivity index (χ4n) is 10.1. The van der Waals surface area contributed by atoms with Gasteiger partial charge < -0.3 is 29.5 Å². The number of ether oxygens (including phenoxy) is 1. The number of alkyl halides is 3. The molecule has 5 aliphatic rings. The number of nitrogens with zero attached hydrogens (tertiary/aromatic N) is 9. The molecule has 1 spiro atoms. The van der Waals surface area contributed by atoms with Crippen molar-refractivity contribution in [1.29, 1.82) is 0 Å². The molecule has 6 heterocycles. The first kappa shape index (κ1) is 39.5. The Morgan fingerprint density at radius 2 is 1.79 bits per heavy atom. The number of rotatable bonds is 7. The Labute approximate surface area is 352 Å². The third kappa shape index (κ3) is 6.61. The molecular formula is C42H42ClF3N10O5. The van der Waals surface area contributed by atoms with Gasteiger partial charge in [-0.15, -0.1) is 5.10 Å². The maximum absolute atomic E-state index is 14.9. The van der Waals surface area contributed by atoms with Gasteiger partial charge in [0.15, 0.2) is 17.3 Å². The van der Waals surface area contributed by atoms with Crippen LogP contribution in [0.2, 0.25) is 5.02 Å². The van der Waals surface area contributed by atoms with E-state index in [1.165, 1.54) is 10.8 Å². The van der Waals surface area contributed by atoms with Gasteiger partial charge in [-0.3, -0.25) is 19.3 Å². The normalized spacial score (nSPS) is 22.8. The number of aromatic nitrogens is 6. The average molecular weight is 859 g/mol. The van der Waals surface area contributed by atoms with Gasteiger partial charge in [-0.1, -0.05) is 11.6 Å². The van der Waals surface area contributed by atoms with E-state index in [-0.39, 0.29) is 57.8 Å². The van der Waals surface area contributed by atoms with Crippen molar-refractivity contribution in [3.8, 4) is 17.1 Å². The summed E-state index contributed by atoms with van der Waals surface area (Å²) in [6, 6.07) is 10.9. The number of carbonyl (C=O) groups excluding carboxylic acids is 2. The number of anilines is 2. The molecule has 2 N–H and O–H groups in total. The van der Waals surface area contributed by atoms with E-state index in [1.807, 2.05) is 24.3 Å². The maximum atomic E-state index is 14.9. The van der Waals surface area contributed by atoms with Gasteiger partial charge in [0.05, 0.1) is 41.2 Å². The minimum Gasteiger partial charge on any atom is -0.504 e. The zero-order chi connectivity index (χ0) is 42.4. The number of hydrogen-bond donors (Lipinski definition) is 2. The molecule has 5 aromatic rings. The number of piperazine rings is 1. The van der Waals surface area contributed by atoms with Crippen molar-refractivity contribution in [3.63, 3.8) is 0 Å². The molecule has 19 heteroatoms. The fourth-order valence-corrected chi connectivity index (χ4v) is 10.4. The van der Waals surface area contributed by atoms with E-state index in [1.54, 1.807) is 16.4 Å². The monoisotopic (exact) mass is 858 g/mol. The molecule has 3 atom stereocenters. The molecule has 3 aromatic heterocycles. The zero-order valence-electron chi connectivity index (χ0n) is 33.2. The molecule has 15 nitrogen and oxygen atoms in total. The van der Waals surface area contributed by atoms with Gasteiger partial charge in [0.2, 0.25) is 11.7 Å². The number of piperidine rings is 1. The number of aryl methyl sites for hydroxylation is 1. The highest BCUT2D eigenvalue weighted by Crippen LogP contribution is 2.57. The average Bonchev–Trinajstić information content (AvgIpc) is 3.82. The number of likely N-dealkylation sites (tertiary alicyclic amines) is 1. The SMILES string of the molecule is Cc1ncnc(C(=O)N2CC[C@@]3(CCc4c3c(=O)n3nc(-c5ccc(N6CCN(C7COC7)CC6)cc5)nc3n4CC(=O)Nc3ccc(C(F)(F)F)cc3Cl)[C@H]3CC[C@H]32)c1O. The number of nitrogens with one attached hydrogen (secondary N) is 1. The standard InChI is InChI=1S/C42H42ClF3N10O5/c1-23-36(58)35(48-22-47-23)39(60)54-13-12-41(28-7-9-31(28)54)11-10-32-34(41)38(59)56-40(55(32)19-33(57)49-30-8-4-25(18-29(30)43)42(44,45)46)50-37(51-56)24-2-5-26(6-3-24)52-14-16-53(17-15-52)27-20-61-21-27/h2-6,8,18,22,27-28,31,58H,7,9-17,19-21H2,1H3,(H,49,57)/t28-,31+,41-/m0/s1. The molecule has 318 valence electrons. The summed E-state index contributed by atoms with van der Waals surface area (Å²) in [6.45, 7) is 6.80. The second-order valence-corrected chi connectivity index (χ2v) is 17.1. The summed E-state index contributed by atoms with van der Waals surface area (Å²) in [5.41, 5.74) is 1.21. The molecule has 3 saturated heterocycles. The van der Waals surface area contributed by atoms with Crippen molar-refractivity contribution >= 4 is 40.6 Å². The number of benzene rings is 2. The van der Waals surface area contributed by atoms with Crippen LogP contribution in [0.25, 0.3) is 17.2 Å². The Balaban J connectivity index is 0.992. The summed E-state index contributed by atoms with van der Waals surface area (Å²) in [6.07, 6.45) is -0.408. The van der Waals surface area contributed by atoms with Crippen molar-refractivity contribution in [2.45, 2.75) is 69.2 Å². The molecule has 61 heavy (non-hydrogen) atoms. The number of carbonyl (C=O) groups is 2. The van der Waals surface area contributed by atoms with Gasteiger partial charge in [-0.25, -0.2) is 9.97 Å². The van der Waals surface area contributed by atoms with Gasteiger partial charge in [0.1, 0.15) is 12.9 Å². The first-order chi connectivity index (χ1) is 29.3. The molecule has 2 amide bonds. The van der Waals surface area contributed by atoms with Crippen LogP contribution in [0.3, 0.4) is 0 Å². The lowest BCUT2D eigenvalue weighted by molar-refractivity contribution is -0.137. The van der Waals surface area contributed by atoms with Crippen LogP contribution in [0.1, 0.15) is 58.7 Å². The third-order valence-corrected chi connectivity index (χ3v) is 13.9. The minimum absolute atomic E-state index is 0.00447. The smallest absolute Gasteiger partial charge is 0.416 e. The van der Waals surface area contributed by atoms with Gasteiger partial charge in [-0.05, 0) is 87.4 Å². The van der Waals surface area contributed by atoms with Gasteiger partial charge in [0.25, 0.3) is 11.5 Å². The summed E-state index contributed by atoms with van der Waals surface area (Å²) >= 11 is 6.23. The second kappa shape index (κ2) is 14.8. The van der Waals surface area contributed by atoms with E-state index in [9.17, 15) is 32.7 Å². The van der Waals surface area contributed by atoms with E-state index in [0.29, 0.717) is 60.8 Å². The Kier molecular flexibility index (Phi) is 9.59. The number of halogens is 4. The van der Waals surface area contributed by atoms with E-state index in [4.69, 9.17) is 26.4 Å². The lowest BCUT2D eigenvalue weighted by atomic mass is 9.56. The lowest BCUT2D eigenvalue weighted by Crippen LogP contribution is -2.63. The molecule has 1 saturated carbocycles. The Hall–Kier alpha value is -5.59.